The Balaban J connectivity index is 2.78. The smallest absolute Gasteiger partial charge is 0.136 e. The van der Waals surface area contributed by atoms with Crippen molar-refractivity contribution >= 4 is 5.78 Å². The van der Waals surface area contributed by atoms with Crippen LogP contribution < -0.4 is 0 Å². The summed E-state index contributed by atoms with van der Waals surface area (Å²) in [5.41, 5.74) is 0. The maximum Gasteiger partial charge on any atom is 0.136 e. The standard InChI is InChI=1S/C11H18O/c1-5-10-7(2)6-11(12)9(4)8(10)3/h5,7-10H,1,6H2,2-4H3/t7-,8-,9-,10-/m1/s1. The summed E-state index contributed by atoms with van der Waals surface area (Å²) in [7, 11) is 0. The normalized spacial score (nSPS) is 42.8. The first kappa shape index (κ1) is 9.50. The molecule has 0 spiro atoms. The van der Waals surface area contributed by atoms with Gasteiger partial charge in [0.05, 0.1) is 0 Å². The summed E-state index contributed by atoms with van der Waals surface area (Å²) in [4.78, 5) is 11.4. The molecule has 0 amide bonds. The molecule has 0 aromatic heterocycles. The molecular formula is C11H18O. The molecule has 1 aliphatic carbocycles. The van der Waals surface area contributed by atoms with Gasteiger partial charge in [0.2, 0.25) is 0 Å². The molecule has 0 bridgehead atoms. The van der Waals surface area contributed by atoms with Crippen molar-refractivity contribution in [1.82, 2.24) is 0 Å². The summed E-state index contributed by atoms with van der Waals surface area (Å²) in [6, 6.07) is 0. The molecular weight excluding hydrogens is 148 g/mol. The zero-order valence-electron chi connectivity index (χ0n) is 8.21. The third-order valence-electron chi connectivity index (χ3n) is 3.36. The molecule has 1 fully saturated rings. The zero-order valence-corrected chi connectivity index (χ0v) is 8.21. The summed E-state index contributed by atoms with van der Waals surface area (Å²) >= 11 is 0. The Bertz CT molecular complexity index is 195. The van der Waals surface area contributed by atoms with Gasteiger partial charge in [-0.1, -0.05) is 26.8 Å². The Morgan fingerprint density at radius 3 is 2.50 bits per heavy atom. The highest BCUT2D eigenvalue weighted by Gasteiger charge is 2.35. The first-order valence-electron chi connectivity index (χ1n) is 4.73. The second-order valence-corrected chi connectivity index (χ2v) is 4.11. The van der Waals surface area contributed by atoms with Crippen molar-refractivity contribution in [2.75, 3.05) is 0 Å². The molecule has 12 heavy (non-hydrogen) atoms. The molecule has 1 rings (SSSR count). The van der Waals surface area contributed by atoms with E-state index in [4.69, 9.17) is 0 Å². The summed E-state index contributed by atoms with van der Waals surface area (Å²) in [5.74, 6) is 2.13. The predicted molar refractivity (Wildman–Crippen MR) is 50.8 cm³/mol. The van der Waals surface area contributed by atoms with E-state index in [0.29, 0.717) is 23.5 Å². The Morgan fingerprint density at radius 2 is 2.00 bits per heavy atom. The Kier molecular flexibility index (Phi) is 2.71. The number of rotatable bonds is 1. The molecule has 0 saturated heterocycles. The van der Waals surface area contributed by atoms with Crippen LogP contribution in [0.4, 0.5) is 0 Å². The van der Waals surface area contributed by atoms with Crippen LogP contribution in [0.1, 0.15) is 27.2 Å². The maximum atomic E-state index is 11.4. The van der Waals surface area contributed by atoms with E-state index in [0.717, 1.165) is 6.42 Å². The van der Waals surface area contributed by atoms with Gasteiger partial charge in [0.15, 0.2) is 0 Å². The molecule has 0 aromatic carbocycles. The fourth-order valence-corrected chi connectivity index (χ4v) is 2.23. The zero-order chi connectivity index (χ0) is 9.30. The van der Waals surface area contributed by atoms with Crippen molar-refractivity contribution in [2.45, 2.75) is 27.2 Å². The van der Waals surface area contributed by atoms with Gasteiger partial charge in [-0.15, -0.1) is 6.58 Å². The maximum absolute atomic E-state index is 11.4. The van der Waals surface area contributed by atoms with Crippen LogP contribution in [0.5, 0.6) is 0 Å². The molecule has 1 aliphatic rings. The van der Waals surface area contributed by atoms with Crippen LogP contribution >= 0.6 is 0 Å². The van der Waals surface area contributed by atoms with Gasteiger partial charge >= 0.3 is 0 Å². The minimum atomic E-state index is 0.226. The molecule has 68 valence electrons. The van der Waals surface area contributed by atoms with Crippen molar-refractivity contribution in [3.8, 4) is 0 Å². The van der Waals surface area contributed by atoms with Gasteiger partial charge in [0.25, 0.3) is 0 Å². The molecule has 0 aromatic rings. The number of hydrogen-bond donors (Lipinski definition) is 0. The molecule has 1 nitrogen and oxygen atoms in total. The third kappa shape index (κ3) is 1.45. The lowest BCUT2D eigenvalue weighted by Gasteiger charge is -2.35. The van der Waals surface area contributed by atoms with Crippen molar-refractivity contribution in [3.63, 3.8) is 0 Å². The number of carbonyl (C=O) groups is 1. The molecule has 0 N–H and O–H groups in total. The average Bonchev–Trinajstić information content (AvgIpc) is 2.01. The highest BCUT2D eigenvalue weighted by Crippen LogP contribution is 2.36. The molecule has 0 radical (unpaired) electrons. The first-order valence-corrected chi connectivity index (χ1v) is 4.73. The van der Waals surface area contributed by atoms with Crippen LogP contribution in [-0.2, 0) is 4.79 Å². The molecule has 1 saturated carbocycles. The van der Waals surface area contributed by atoms with Crippen molar-refractivity contribution < 1.29 is 4.79 Å². The Hall–Kier alpha value is -0.590. The summed E-state index contributed by atoms with van der Waals surface area (Å²) in [5, 5.41) is 0. The highest BCUT2D eigenvalue weighted by molar-refractivity contribution is 5.82. The number of hydrogen-bond acceptors (Lipinski definition) is 1. The Labute approximate surface area is 74.9 Å². The van der Waals surface area contributed by atoms with E-state index in [9.17, 15) is 4.79 Å². The SMILES string of the molecule is C=C[C@H]1[C@H](C)[C@@H](C)C(=O)C[C@H]1C. The molecule has 0 unspecified atom stereocenters. The first-order chi connectivity index (χ1) is 5.57. The van der Waals surface area contributed by atoms with E-state index in [1.165, 1.54) is 0 Å². The second-order valence-electron chi connectivity index (χ2n) is 4.11. The highest BCUT2D eigenvalue weighted by atomic mass is 16.1. The van der Waals surface area contributed by atoms with Gasteiger partial charge in [-0.2, -0.15) is 0 Å². The van der Waals surface area contributed by atoms with Gasteiger partial charge < -0.3 is 0 Å². The van der Waals surface area contributed by atoms with E-state index in [2.05, 4.69) is 20.4 Å². The summed E-state index contributed by atoms with van der Waals surface area (Å²) in [6.07, 6.45) is 2.75. The van der Waals surface area contributed by atoms with Crippen molar-refractivity contribution in [3.05, 3.63) is 12.7 Å². The number of ketones is 1. The van der Waals surface area contributed by atoms with E-state index >= 15 is 0 Å². The number of allylic oxidation sites excluding steroid dienone is 1. The Morgan fingerprint density at radius 1 is 1.42 bits per heavy atom. The van der Waals surface area contributed by atoms with Crippen LogP contribution in [0.2, 0.25) is 0 Å². The van der Waals surface area contributed by atoms with Gasteiger partial charge in [0, 0.05) is 12.3 Å². The molecule has 0 aliphatic heterocycles. The number of Topliss-reactive ketones (excluding diaryl/α,β-unsaturated/α-hetero) is 1. The average molecular weight is 166 g/mol. The third-order valence-corrected chi connectivity index (χ3v) is 3.36. The fraction of sp³-hybridized carbons (Fsp3) is 0.727. The summed E-state index contributed by atoms with van der Waals surface area (Å²) < 4.78 is 0. The molecule has 4 atom stereocenters. The van der Waals surface area contributed by atoms with Gasteiger partial charge in [-0.25, -0.2) is 0 Å². The minimum Gasteiger partial charge on any atom is -0.299 e. The van der Waals surface area contributed by atoms with Gasteiger partial charge in [-0.3, -0.25) is 4.79 Å². The monoisotopic (exact) mass is 166 g/mol. The fourth-order valence-electron chi connectivity index (χ4n) is 2.23. The van der Waals surface area contributed by atoms with E-state index in [1.54, 1.807) is 0 Å². The van der Waals surface area contributed by atoms with Crippen LogP contribution in [-0.4, -0.2) is 5.78 Å². The van der Waals surface area contributed by atoms with E-state index in [1.807, 2.05) is 13.0 Å². The van der Waals surface area contributed by atoms with Crippen molar-refractivity contribution in [1.29, 1.82) is 0 Å². The second kappa shape index (κ2) is 3.42. The largest absolute Gasteiger partial charge is 0.299 e. The lowest BCUT2D eigenvalue weighted by Crippen LogP contribution is -2.35. The van der Waals surface area contributed by atoms with E-state index in [-0.39, 0.29) is 5.92 Å². The lowest BCUT2D eigenvalue weighted by atomic mass is 9.68. The van der Waals surface area contributed by atoms with Crippen LogP contribution in [0, 0.1) is 23.7 Å². The predicted octanol–water partition coefficient (Wildman–Crippen LogP) is 2.67. The topological polar surface area (TPSA) is 17.1 Å². The molecule has 0 heterocycles. The quantitative estimate of drug-likeness (QED) is 0.547. The van der Waals surface area contributed by atoms with Crippen LogP contribution in [0.3, 0.4) is 0 Å². The molecule has 1 heteroatoms. The van der Waals surface area contributed by atoms with Crippen LogP contribution in [0.25, 0.3) is 0 Å². The van der Waals surface area contributed by atoms with Crippen LogP contribution in [0.15, 0.2) is 12.7 Å². The van der Waals surface area contributed by atoms with E-state index < -0.39 is 0 Å². The van der Waals surface area contributed by atoms with Gasteiger partial charge in [0.1, 0.15) is 5.78 Å². The number of carbonyl (C=O) groups excluding carboxylic acids is 1. The summed E-state index contributed by atoms with van der Waals surface area (Å²) in [6.45, 7) is 10.2. The minimum absolute atomic E-state index is 0.226. The lowest BCUT2D eigenvalue weighted by molar-refractivity contribution is -0.128. The van der Waals surface area contributed by atoms with Gasteiger partial charge in [-0.05, 0) is 17.8 Å². The van der Waals surface area contributed by atoms with Crippen molar-refractivity contribution in [2.24, 2.45) is 23.7 Å².